The van der Waals surface area contributed by atoms with Gasteiger partial charge in [0.2, 0.25) is 0 Å². The standard InChI is InChI=1S/C23H23N3O4S/c1-26-22(28)19(21(27)24-17(23(29)30)13-14-31-2)18(15-9-5-3-6-10-15)20(25-26)16-11-7-4-8-12-16/h3-12,17H,13-14H2,1-2H3,(H,24,27)(H,29,30). The van der Waals surface area contributed by atoms with Crippen LogP contribution in [0.1, 0.15) is 16.8 Å². The van der Waals surface area contributed by atoms with Gasteiger partial charge in [0.15, 0.2) is 0 Å². The molecular weight excluding hydrogens is 414 g/mol. The maximum absolute atomic E-state index is 13.3. The number of carbonyl (C=O) groups excluding carboxylic acids is 1. The molecule has 2 N–H and O–H groups in total. The molecule has 1 amide bonds. The summed E-state index contributed by atoms with van der Waals surface area (Å²) >= 11 is 1.49. The number of amides is 1. The first-order valence-electron chi connectivity index (χ1n) is 9.68. The first-order chi connectivity index (χ1) is 14.9. The number of carbonyl (C=O) groups is 2. The minimum atomic E-state index is -1.14. The molecule has 0 aliphatic carbocycles. The van der Waals surface area contributed by atoms with Crippen LogP contribution in [0.5, 0.6) is 0 Å². The van der Waals surface area contributed by atoms with Crippen LogP contribution >= 0.6 is 11.8 Å². The highest BCUT2D eigenvalue weighted by atomic mass is 32.2. The molecule has 1 heterocycles. The number of aromatic nitrogens is 2. The Balaban J connectivity index is 2.21. The van der Waals surface area contributed by atoms with Crippen molar-refractivity contribution in [2.24, 2.45) is 7.05 Å². The molecule has 1 aromatic heterocycles. The fraction of sp³-hybridized carbons (Fsp3) is 0.217. The second-order valence-electron chi connectivity index (χ2n) is 6.91. The molecule has 0 saturated heterocycles. The van der Waals surface area contributed by atoms with Crippen LogP contribution in [0.15, 0.2) is 65.5 Å². The van der Waals surface area contributed by atoms with Gasteiger partial charge in [-0.05, 0) is 24.0 Å². The third kappa shape index (κ3) is 5.03. The van der Waals surface area contributed by atoms with Crippen molar-refractivity contribution >= 4 is 23.6 Å². The summed E-state index contributed by atoms with van der Waals surface area (Å²) in [6, 6.07) is 17.2. The maximum atomic E-state index is 13.3. The zero-order valence-electron chi connectivity index (χ0n) is 17.2. The largest absolute Gasteiger partial charge is 0.480 e. The highest BCUT2D eigenvalue weighted by molar-refractivity contribution is 7.98. The number of aliphatic carboxylic acids is 1. The molecule has 1 atom stereocenters. The number of carboxylic acid groups (broad SMARTS) is 1. The van der Waals surface area contributed by atoms with E-state index < -0.39 is 23.5 Å². The molecule has 0 saturated carbocycles. The van der Waals surface area contributed by atoms with Gasteiger partial charge >= 0.3 is 5.97 Å². The minimum absolute atomic E-state index is 0.127. The third-order valence-corrected chi connectivity index (χ3v) is 5.44. The molecule has 3 aromatic rings. The van der Waals surface area contributed by atoms with E-state index in [2.05, 4.69) is 10.4 Å². The molecule has 7 nitrogen and oxygen atoms in total. The number of hydrogen-bond acceptors (Lipinski definition) is 5. The van der Waals surface area contributed by atoms with Gasteiger partial charge in [-0.25, -0.2) is 9.48 Å². The summed E-state index contributed by atoms with van der Waals surface area (Å²) in [4.78, 5) is 37.9. The van der Waals surface area contributed by atoms with Crippen molar-refractivity contribution in [3.63, 3.8) is 0 Å². The average Bonchev–Trinajstić information content (AvgIpc) is 2.78. The van der Waals surface area contributed by atoms with E-state index in [0.717, 1.165) is 10.2 Å². The Morgan fingerprint density at radius 1 is 1.06 bits per heavy atom. The average molecular weight is 438 g/mol. The van der Waals surface area contributed by atoms with Crippen molar-refractivity contribution in [2.75, 3.05) is 12.0 Å². The summed E-state index contributed by atoms with van der Waals surface area (Å²) < 4.78 is 1.11. The predicted molar refractivity (Wildman–Crippen MR) is 122 cm³/mol. The van der Waals surface area contributed by atoms with Crippen LogP contribution in [0.2, 0.25) is 0 Å². The summed E-state index contributed by atoms with van der Waals surface area (Å²) in [5, 5.41) is 16.5. The summed E-state index contributed by atoms with van der Waals surface area (Å²) in [6.45, 7) is 0. The van der Waals surface area contributed by atoms with Gasteiger partial charge < -0.3 is 10.4 Å². The molecular formula is C23H23N3O4S. The normalized spacial score (nSPS) is 11.7. The fourth-order valence-corrected chi connectivity index (χ4v) is 3.72. The van der Waals surface area contributed by atoms with Gasteiger partial charge in [-0.3, -0.25) is 9.59 Å². The summed E-state index contributed by atoms with van der Waals surface area (Å²) in [7, 11) is 1.47. The number of rotatable bonds is 8. The van der Waals surface area contributed by atoms with Crippen LogP contribution in [-0.2, 0) is 11.8 Å². The monoisotopic (exact) mass is 437 g/mol. The second-order valence-corrected chi connectivity index (χ2v) is 7.89. The lowest BCUT2D eigenvalue weighted by Gasteiger charge is -2.18. The number of benzene rings is 2. The summed E-state index contributed by atoms with van der Waals surface area (Å²) in [5.74, 6) is -1.31. The number of carboxylic acids is 1. The van der Waals surface area contributed by atoms with Gasteiger partial charge in [0.05, 0.1) is 5.69 Å². The summed E-state index contributed by atoms with van der Waals surface area (Å²) in [5.41, 5.74) is 1.51. The molecule has 31 heavy (non-hydrogen) atoms. The number of thioether (sulfide) groups is 1. The van der Waals surface area contributed by atoms with Crippen molar-refractivity contribution in [1.29, 1.82) is 0 Å². The molecule has 8 heteroatoms. The van der Waals surface area contributed by atoms with E-state index in [1.54, 1.807) is 12.1 Å². The van der Waals surface area contributed by atoms with Crippen molar-refractivity contribution in [3.8, 4) is 22.4 Å². The summed E-state index contributed by atoms with van der Waals surface area (Å²) in [6.07, 6.45) is 2.11. The highest BCUT2D eigenvalue weighted by Crippen LogP contribution is 2.31. The predicted octanol–water partition coefficient (Wildman–Crippen LogP) is 3.05. The molecule has 2 aromatic carbocycles. The van der Waals surface area contributed by atoms with Gasteiger partial charge in [-0.1, -0.05) is 60.7 Å². The van der Waals surface area contributed by atoms with E-state index >= 15 is 0 Å². The van der Waals surface area contributed by atoms with Crippen molar-refractivity contribution in [2.45, 2.75) is 12.5 Å². The van der Waals surface area contributed by atoms with Crippen LogP contribution in [0.3, 0.4) is 0 Å². The Morgan fingerprint density at radius 2 is 1.65 bits per heavy atom. The van der Waals surface area contributed by atoms with Crippen molar-refractivity contribution in [3.05, 3.63) is 76.6 Å². The fourth-order valence-electron chi connectivity index (χ4n) is 3.25. The Bertz CT molecular complexity index is 1130. The van der Waals surface area contributed by atoms with E-state index in [1.807, 2.05) is 54.8 Å². The Morgan fingerprint density at radius 3 is 2.19 bits per heavy atom. The minimum Gasteiger partial charge on any atom is -0.480 e. The van der Waals surface area contributed by atoms with Crippen LogP contribution < -0.4 is 10.9 Å². The lowest BCUT2D eigenvalue weighted by atomic mass is 9.95. The third-order valence-electron chi connectivity index (χ3n) is 4.80. The lowest BCUT2D eigenvalue weighted by Crippen LogP contribution is -2.44. The van der Waals surface area contributed by atoms with Gasteiger partial charge in [0.1, 0.15) is 11.6 Å². The molecule has 0 bridgehead atoms. The molecule has 0 radical (unpaired) electrons. The molecule has 0 spiro atoms. The van der Waals surface area contributed by atoms with Crippen molar-refractivity contribution < 1.29 is 14.7 Å². The lowest BCUT2D eigenvalue weighted by molar-refractivity contribution is -0.139. The van der Waals surface area contributed by atoms with Crippen LogP contribution in [0.4, 0.5) is 0 Å². The topological polar surface area (TPSA) is 101 Å². The van der Waals surface area contributed by atoms with Crippen LogP contribution in [-0.4, -0.2) is 44.8 Å². The Labute approximate surface area is 184 Å². The quantitative estimate of drug-likeness (QED) is 0.562. The first-order valence-corrected chi connectivity index (χ1v) is 11.1. The van der Waals surface area contributed by atoms with E-state index in [-0.39, 0.29) is 12.0 Å². The van der Waals surface area contributed by atoms with Crippen LogP contribution in [0.25, 0.3) is 22.4 Å². The van der Waals surface area contributed by atoms with Gasteiger partial charge in [0, 0.05) is 18.2 Å². The van der Waals surface area contributed by atoms with E-state index in [1.165, 1.54) is 18.8 Å². The number of hydrogen-bond donors (Lipinski definition) is 2. The highest BCUT2D eigenvalue weighted by Gasteiger charge is 2.27. The van der Waals surface area contributed by atoms with E-state index in [9.17, 15) is 19.5 Å². The van der Waals surface area contributed by atoms with E-state index in [4.69, 9.17) is 0 Å². The van der Waals surface area contributed by atoms with Gasteiger partial charge in [0.25, 0.3) is 11.5 Å². The number of nitrogens with zero attached hydrogens (tertiary/aromatic N) is 2. The SMILES string of the molecule is CSCCC(NC(=O)c1c(-c2ccccc2)c(-c2ccccc2)nn(C)c1=O)C(=O)O. The number of aryl methyl sites for hydroxylation is 1. The van der Waals surface area contributed by atoms with Gasteiger partial charge in [-0.15, -0.1) is 0 Å². The zero-order valence-corrected chi connectivity index (χ0v) is 18.1. The van der Waals surface area contributed by atoms with E-state index in [0.29, 0.717) is 22.6 Å². The molecule has 0 fully saturated rings. The van der Waals surface area contributed by atoms with Gasteiger partial charge in [-0.2, -0.15) is 16.9 Å². The molecule has 160 valence electrons. The Kier molecular flexibility index (Phi) is 7.25. The molecule has 0 aliphatic heterocycles. The first kappa shape index (κ1) is 22.3. The Hall–Kier alpha value is -3.39. The molecule has 3 rings (SSSR count). The smallest absolute Gasteiger partial charge is 0.326 e. The van der Waals surface area contributed by atoms with Crippen molar-refractivity contribution in [1.82, 2.24) is 15.1 Å². The maximum Gasteiger partial charge on any atom is 0.326 e. The molecule has 1 unspecified atom stereocenters. The second kappa shape index (κ2) is 10.1. The zero-order chi connectivity index (χ0) is 22.4. The van der Waals surface area contributed by atoms with Crippen LogP contribution in [0, 0.1) is 0 Å². The molecule has 0 aliphatic rings. The number of nitrogens with one attached hydrogen (secondary N) is 1.